The summed E-state index contributed by atoms with van der Waals surface area (Å²) in [5.41, 5.74) is 0. The molecule has 1 aliphatic heterocycles. The van der Waals surface area contributed by atoms with E-state index in [0.717, 1.165) is 12.8 Å². The molecule has 3 nitrogen and oxygen atoms in total. The summed E-state index contributed by atoms with van der Waals surface area (Å²) in [6, 6.07) is 0. The Labute approximate surface area is 83.3 Å². The number of carbonyl (C=O) groups is 1. The van der Waals surface area contributed by atoms with Crippen molar-refractivity contribution in [3.05, 3.63) is 12.7 Å². The maximum Gasteiger partial charge on any atom is 0.316 e. The zero-order valence-corrected chi connectivity index (χ0v) is 8.29. The molecule has 0 bridgehead atoms. The number of hydrogen-bond donors (Lipinski definition) is 0. The van der Waals surface area contributed by atoms with E-state index < -0.39 is 0 Å². The Morgan fingerprint density at radius 1 is 1.62 bits per heavy atom. The van der Waals surface area contributed by atoms with Gasteiger partial charge in [0, 0.05) is 13.1 Å². The Balaban J connectivity index is 2.22. The van der Waals surface area contributed by atoms with Gasteiger partial charge in [-0.1, -0.05) is 6.08 Å². The second-order valence-electron chi connectivity index (χ2n) is 3.06. The molecule has 0 aliphatic carbocycles. The van der Waals surface area contributed by atoms with Crippen molar-refractivity contribution in [3.63, 3.8) is 0 Å². The highest BCUT2D eigenvalue weighted by molar-refractivity contribution is 6.62. The molecule has 1 saturated heterocycles. The first kappa shape index (κ1) is 10.5. The summed E-state index contributed by atoms with van der Waals surface area (Å²) >= 11 is 5.34. The number of halogens is 1. The monoisotopic (exact) mass is 203 g/mol. The van der Waals surface area contributed by atoms with Gasteiger partial charge in [-0.15, -0.1) is 6.58 Å². The zero-order chi connectivity index (χ0) is 9.68. The van der Waals surface area contributed by atoms with E-state index in [1.807, 2.05) is 0 Å². The average molecular weight is 204 g/mol. The highest BCUT2D eigenvalue weighted by Crippen LogP contribution is 2.14. The maximum absolute atomic E-state index is 10.8. The normalized spacial score (nSPS) is 18.7. The standard InChI is InChI=1S/C9H14ClNO2/c1-2-7-13-8-3-5-11(6-4-8)9(10)12/h2,8H,1,3-7H2. The molecule has 1 aliphatic rings. The molecule has 0 aromatic heterocycles. The van der Waals surface area contributed by atoms with Gasteiger partial charge in [-0.25, -0.2) is 0 Å². The van der Waals surface area contributed by atoms with Crippen LogP contribution in [0.25, 0.3) is 0 Å². The topological polar surface area (TPSA) is 29.5 Å². The Hall–Kier alpha value is -0.540. The molecule has 0 N–H and O–H groups in total. The number of nitrogens with zero attached hydrogens (tertiary/aromatic N) is 1. The van der Waals surface area contributed by atoms with Crippen LogP contribution in [0.3, 0.4) is 0 Å². The van der Waals surface area contributed by atoms with E-state index in [4.69, 9.17) is 16.3 Å². The molecule has 0 atom stereocenters. The molecule has 0 radical (unpaired) electrons. The fourth-order valence-corrected chi connectivity index (χ4v) is 1.57. The van der Waals surface area contributed by atoms with Crippen molar-refractivity contribution in [3.8, 4) is 0 Å². The van der Waals surface area contributed by atoms with E-state index in [-0.39, 0.29) is 11.5 Å². The molecule has 0 aromatic rings. The van der Waals surface area contributed by atoms with E-state index in [1.54, 1.807) is 11.0 Å². The summed E-state index contributed by atoms with van der Waals surface area (Å²) in [5, 5.41) is -0.359. The van der Waals surface area contributed by atoms with Gasteiger partial charge >= 0.3 is 5.37 Å². The van der Waals surface area contributed by atoms with E-state index in [0.29, 0.717) is 19.7 Å². The first-order valence-corrected chi connectivity index (χ1v) is 4.78. The molecule has 0 spiro atoms. The first-order chi connectivity index (χ1) is 6.24. The molecule has 1 rings (SSSR count). The third kappa shape index (κ3) is 3.36. The smallest absolute Gasteiger partial charge is 0.316 e. The Kier molecular flexibility index (Phi) is 4.25. The predicted molar refractivity (Wildman–Crippen MR) is 52.0 cm³/mol. The lowest BCUT2D eigenvalue weighted by molar-refractivity contribution is 0.0327. The van der Waals surface area contributed by atoms with Gasteiger partial charge in [0.05, 0.1) is 12.7 Å². The molecule has 13 heavy (non-hydrogen) atoms. The number of ether oxygens (including phenoxy) is 1. The predicted octanol–water partition coefficient (Wildman–Crippen LogP) is 2.01. The van der Waals surface area contributed by atoms with E-state index in [2.05, 4.69) is 6.58 Å². The second-order valence-corrected chi connectivity index (χ2v) is 3.38. The molecule has 0 saturated carbocycles. The minimum absolute atomic E-state index is 0.255. The quantitative estimate of drug-likeness (QED) is 0.399. The van der Waals surface area contributed by atoms with Crippen molar-refractivity contribution in [2.45, 2.75) is 18.9 Å². The second kappa shape index (κ2) is 5.25. The summed E-state index contributed by atoms with van der Waals surface area (Å²) in [6.45, 7) is 5.56. The van der Waals surface area contributed by atoms with Crippen LogP contribution in [-0.4, -0.2) is 36.1 Å². The van der Waals surface area contributed by atoms with Crippen LogP contribution in [0.2, 0.25) is 0 Å². The summed E-state index contributed by atoms with van der Waals surface area (Å²) < 4.78 is 5.46. The molecule has 0 aromatic carbocycles. The van der Waals surface area contributed by atoms with Gasteiger partial charge in [0.15, 0.2) is 0 Å². The lowest BCUT2D eigenvalue weighted by Gasteiger charge is -2.29. The molecule has 1 amide bonds. The van der Waals surface area contributed by atoms with Crippen LogP contribution < -0.4 is 0 Å². The Morgan fingerprint density at radius 2 is 2.23 bits per heavy atom. The largest absolute Gasteiger partial charge is 0.374 e. The molecule has 74 valence electrons. The maximum atomic E-state index is 10.8. The van der Waals surface area contributed by atoms with Gasteiger partial charge in [0.2, 0.25) is 0 Å². The number of piperidine rings is 1. The third-order valence-electron chi connectivity index (χ3n) is 2.14. The Morgan fingerprint density at radius 3 is 2.69 bits per heavy atom. The van der Waals surface area contributed by atoms with Gasteiger partial charge in [0.25, 0.3) is 0 Å². The van der Waals surface area contributed by atoms with E-state index >= 15 is 0 Å². The summed E-state index contributed by atoms with van der Waals surface area (Å²) in [5.74, 6) is 0. The van der Waals surface area contributed by atoms with E-state index in [1.165, 1.54) is 0 Å². The van der Waals surface area contributed by atoms with Crippen LogP contribution in [-0.2, 0) is 4.74 Å². The lowest BCUT2D eigenvalue weighted by atomic mass is 10.1. The number of amides is 1. The molecular formula is C9H14ClNO2. The van der Waals surface area contributed by atoms with Crippen molar-refractivity contribution < 1.29 is 9.53 Å². The van der Waals surface area contributed by atoms with Gasteiger partial charge < -0.3 is 9.64 Å². The van der Waals surface area contributed by atoms with Crippen LogP contribution in [0.15, 0.2) is 12.7 Å². The number of hydrogen-bond acceptors (Lipinski definition) is 2. The lowest BCUT2D eigenvalue weighted by Crippen LogP contribution is -2.38. The van der Waals surface area contributed by atoms with Crippen LogP contribution in [0.5, 0.6) is 0 Å². The van der Waals surface area contributed by atoms with Gasteiger partial charge in [-0.05, 0) is 24.4 Å². The van der Waals surface area contributed by atoms with Crippen LogP contribution in [0.4, 0.5) is 4.79 Å². The van der Waals surface area contributed by atoms with Gasteiger partial charge in [-0.2, -0.15) is 0 Å². The molecule has 1 fully saturated rings. The SMILES string of the molecule is C=CCOC1CCN(C(=O)Cl)CC1. The summed E-state index contributed by atoms with van der Waals surface area (Å²) in [4.78, 5) is 12.4. The van der Waals surface area contributed by atoms with Gasteiger partial charge in [0.1, 0.15) is 0 Å². The number of carbonyl (C=O) groups excluding carboxylic acids is 1. The average Bonchev–Trinajstić information content (AvgIpc) is 2.15. The van der Waals surface area contributed by atoms with Crippen LogP contribution in [0.1, 0.15) is 12.8 Å². The minimum Gasteiger partial charge on any atom is -0.374 e. The number of likely N-dealkylation sites (tertiary alicyclic amines) is 1. The summed E-state index contributed by atoms with van der Waals surface area (Å²) in [6.07, 6.45) is 3.72. The van der Waals surface area contributed by atoms with Crippen LogP contribution >= 0.6 is 11.6 Å². The Bertz CT molecular complexity index is 188. The van der Waals surface area contributed by atoms with Crippen molar-refractivity contribution in [1.29, 1.82) is 0 Å². The van der Waals surface area contributed by atoms with Crippen LogP contribution in [0, 0.1) is 0 Å². The fraction of sp³-hybridized carbons (Fsp3) is 0.667. The number of rotatable bonds is 3. The van der Waals surface area contributed by atoms with Crippen molar-refractivity contribution >= 4 is 17.0 Å². The zero-order valence-electron chi connectivity index (χ0n) is 7.54. The highest BCUT2D eigenvalue weighted by atomic mass is 35.5. The third-order valence-corrected chi connectivity index (χ3v) is 2.38. The molecule has 1 heterocycles. The van der Waals surface area contributed by atoms with E-state index in [9.17, 15) is 4.79 Å². The van der Waals surface area contributed by atoms with Crippen molar-refractivity contribution in [2.75, 3.05) is 19.7 Å². The molecule has 4 heteroatoms. The summed E-state index contributed by atoms with van der Waals surface area (Å²) in [7, 11) is 0. The first-order valence-electron chi connectivity index (χ1n) is 4.41. The van der Waals surface area contributed by atoms with Crippen molar-refractivity contribution in [1.82, 2.24) is 4.90 Å². The minimum atomic E-state index is -0.359. The van der Waals surface area contributed by atoms with Gasteiger partial charge in [-0.3, -0.25) is 4.79 Å². The fourth-order valence-electron chi connectivity index (χ4n) is 1.40. The highest BCUT2D eigenvalue weighted by Gasteiger charge is 2.21. The van der Waals surface area contributed by atoms with Crippen molar-refractivity contribution in [2.24, 2.45) is 0 Å². The molecular weight excluding hydrogens is 190 g/mol. The molecule has 0 unspecified atom stereocenters.